The fraction of sp³-hybridized carbons (Fsp3) is 0.600. The number of methoxy groups -OCH3 is 2. The molecule has 1 heterocycles. The quantitative estimate of drug-likeness (QED) is 0.763. The smallest absolute Gasteiger partial charge is 0.204 e. The zero-order valence-electron chi connectivity index (χ0n) is 9.93. The molecule has 0 atom stereocenters. The Labute approximate surface area is 95.4 Å². The molecule has 1 rings (SSSR count). The van der Waals surface area contributed by atoms with E-state index in [4.69, 9.17) is 15.2 Å². The van der Waals surface area contributed by atoms with Gasteiger partial charge in [0.15, 0.2) is 11.6 Å². The molecule has 0 bridgehead atoms. The van der Waals surface area contributed by atoms with Gasteiger partial charge in [0.25, 0.3) is 0 Å². The summed E-state index contributed by atoms with van der Waals surface area (Å²) in [6, 6.07) is 0. The van der Waals surface area contributed by atoms with Crippen LogP contribution >= 0.6 is 0 Å². The molecule has 90 valence electrons. The molecule has 0 fully saturated rings. The van der Waals surface area contributed by atoms with Gasteiger partial charge in [-0.3, -0.25) is 0 Å². The first-order chi connectivity index (χ1) is 7.74. The molecule has 0 amide bonds. The van der Waals surface area contributed by atoms with E-state index in [1.54, 1.807) is 14.2 Å². The molecule has 2 N–H and O–H groups in total. The summed E-state index contributed by atoms with van der Waals surface area (Å²) < 4.78 is 10.2. The van der Waals surface area contributed by atoms with Gasteiger partial charge in [-0.2, -0.15) is 0 Å². The first-order valence-corrected chi connectivity index (χ1v) is 5.12. The molecule has 0 unspecified atom stereocenters. The molecular formula is C10H18N4O2. The van der Waals surface area contributed by atoms with Crippen molar-refractivity contribution in [3.8, 4) is 5.75 Å². The van der Waals surface area contributed by atoms with Crippen LogP contribution < -0.4 is 15.4 Å². The SMILES string of the molecule is CCN(CCOC)c1ncnc(N)c1OC. The zero-order chi connectivity index (χ0) is 12.0. The lowest BCUT2D eigenvalue weighted by atomic mass is 10.4. The van der Waals surface area contributed by atoms with Crippen LogP contribution in [0.2, 0.25) is 0 Å². The molecule has 16 heavy (non-hydrogen) atoms. The Morgan fingerprint density at radius 3 is 2.69 bits per heavy atom. The number of nitrogens with two attached hydrogens (primary N) is 1. The lowest BCUT2D eigenvalue weighted by Gasteiger charge is -2.23. The Morgan fingerprint density at radius 1 is 1.38 bits per heavy atom. The number of hydrogen-bond donors (Lipinski definition) is 1. The van der Waals surface area contributed by atoms with E-state index in [1.165, 1.54) is 6.33 Å². The van der Waals surface area contributed by atoms with E-state index in [0.29, 0.717) is 24.0 Å². The highest BCUT2D eigenvalue weighted by Crippen LogP contribution is 2.29. The summed E-state index contributed by atoms with van der Waals surface area (Å²) in [5.41, 5.74) is 5.72. The van der Waals surface area contributed by atoms with Gasteiger partial charge in [-0.05, 0) is 6.92 Å². The van der Waals surface area contributed by atoms with Crippen molar-refractivity contribution < 1.29 is 9.47 Å². The van der Waals surface area contributed by atoms with Crippen molar-refractivity contribution in [3.63, 3.8) is 0 Å². The van der Waals surface area contributed by atoms with Gasteiger partial charge < -0.3 is 20.1 Å². The molecule has 0 aromatic carbocycles. The first-order valence-electron chi connectivity index (χ1n) is 5.12. The second-order valence-electron chi connectivity index (χ2n) is 3.19. The molecule has 6 heteroatoms. The maximum atomic E-state index is 5.72. The van der Waals surface area contributed by atoms with Crippen molar-refractivity contribution >= 4 is 11.6 Å². The lowest BCUT2D eigenvalue weighted by molar-refractivity contribution is 0.205. The van der Waals surface area contributed by atoms with Crippen LogP contribution in [-0.2, 0) is 4.74 Å². The van der Waals surface area contributed by atoms with Crippen molar-refractivity contribution in [2.24, 2.45) is 0 Å². The molecule has 0 saturated carbocycles. The van der Waals surface area contributed by atoms with Crippen molar-refractivity contribution in [3.05, 3.63) is 6.33 Å². The minimum Gasteiger partial charge on any atom is -0.490 e. The molecule has 0 saturated heterocycles. The van der Waals surface area contributed by atoms with Gasteiger partial charge in [0.05, 0.1) is 13.7 Å². The van der Waals surface area contributed by atoms with Crippen LogP contribution in [0.4, 0.5) is 11.6 Å². The Hall–Kier alpha value is -1.56. The maximum absolute atomic E-state index is 5.72. The zero-order valence-corrected chi connectivity index (χ0v) is 9.93. The highest BCUT2D eigenvalue weighted by Gasteiger charge is 2.15. The second-order valence-corrected chi connectivity index (χ2v) is 3.19. The van der Waals surface area contributed by atoms with E-state index in [-0.39, 0.29) is 0 Å². The maximum Gasteiger partial charge on any atom is 0.204 e. The Kier molecular flexibility index (Phi) is 4.78. The average Bonchev–Trinajstić information content (AvgIpc) is 2.30. The minimum absolute atomic E-state index is 0.350. The van der Waals surface area contributed by atoms with Crippen molar-refractivity contribution in [2.75, 3.05) is 44.5 Å². The molecule has 0 radical (unpaired) electrons. The van der Waals surface area contributed by atoms with E-state index < -0.39 is 0 Å². The lowest BCUT2D eigenvalue weighted by Crippen LogP contribution is -2.28. The molecule has 0 aliphatic carbocycles. The molecule has 0 spiro atoms. The number of hydrogen-bond acceptors (Lipinski definition) is 6. The van der Waals surface area contributed by atoms with Gasteiger partial charge in [0, 0.05) is 20.2 Å². The third-order valence-electron chi connectivity index (χ3n) is 2.26. The third kappa shape index (κ3) is 2.73. The Balaban J connectivity index is 2.94. The largest absolute Gasteiger partial charge is 0.490 e. The number of likely N-dealkylation sites (N-methyl/N-ethyl adjacent to an activating group) is 1. The van der Waals surface area contributed by atoms with E-state index in [9.17, 15) is 0 Å². The van der Waals surface area contributed by atoms with E-state index in [1.807, 2.05) is 11.8 Å². The van der Waals surface area contributed by atoms with Gasteiger partial charge in [-0.15, -0.1) is 0 Å². The predicted molar refractivity (Wildman–Crippen MR) is 62.8 cm³/mol. The summed E-state index contributed by atoms with van der Waals surface area (Å²) in [6.45, 7) is 4.20. The van der Waals surface area contributed by atoms with Crippen LogP contribution in [0.5, 0.6) is 5.75 Å². The summed E-state index contributed by atoms with van der Waals surface area (Å²) >= 11 is 0. The van der Waals surface area contributed by atoms with Crippen LogP contribution in [-0.4, -0.2) is 43.9 Å². The average molecular weight is 226 g/mol. The number of rotatable bonds is 6. The Bertz CT molecular complexity index is 333. The molecule has 0 aliphatic rings. The normalized spacial score (nSPS) is 10.2. The van der Waals surface area contributed by atoms with Gasteiger partial charge >= 0.3 is 0 Å². The topological polar surface area (TPSA) is 73.5 Å². The molecule has 0 aliphatic heterocycles. The predicted octanol–water partition coefficient (Wildman–Crippen LogP) is 0.540. The fourth-order valence-electron chi connectivity index (χ4n) is 1.41. The monoisotopic (exact) mass is 226 g/mol. The van der Waals surface area contributed by atoms with Crippen LogP contribution in [0.1, 0.15) is 6.92 Å². The summed E-state index contributed by atoms with van der Waals surface area (Å²) in [5, 5.41) is 0. The van der Waals surface area contributed by atoms with E-state index in [2.05, 4.69) is 9.97 Å². The van der Waals surface area contributed by atoms with Crippen molar-refractivity contribution in [1.82, 2.24) is 9.97 Å². The van der Waals surface area contributed by atoms with Gasteiger partial charge in [-0.25, -0.2) is 9.97 Å². The number of nitrogen functional groups attached to an aromatic ring is 1. The summed E-state index contributed by atoms with van der Waals surface area (Å²) in [7, 11) is 3.22. The first kappa shape index (κ1) is 12.5. The molecule has 1 aromatic heterocycles. The molecule has 6 nitrogen and oxygen atoms in total. The Morgan fingerprint density at radius 2 is 2.12 bits per heavy atom. The highest BCUT2D eigenvalue weighted by atomic mass is 16.5. The van der Waals surface area contributed by atoms with Gasteiger partial charge in [0.1, 0.15) is 6.33 Å². The van der Waals surface area contributed by atoms with Crippen molar-refractivity contribution in [2.45, 2.75) is 6.92 Å². The van der Waals surface area contributed by atoms with E-state index in [0.717, 1.165) is 13.1 Å². The molecule has 1 aromatic rings. The number of nitrogens with zero attached hydrogens (tertiary/aromatic N) is 3. The minimum atomic E-state index is 0.350. The third-order valence-corrected chi connectivity index (χ3v) is 2.26. The summed E-state index contributed by atoms with van der Waals surface area (Å²) in [6.07, 6.45) is 1.43. The second kappa shape index (κ2) is 6.12. The standard InChI is InChI=1S/C10H18N4O2/c1-4-14(5-6-15-2)10-8(16-3)9(11)12-7-13-10/h7H,4-6H2,1-3H3,(H2,11,12,13). The summed E-state index contributed by atoms with van der Waals surface area (Å²) in [5.74, 6) is 1.57. The number of anilines is 2. The summed E-state index contributed by atoms with van der Waals surface area (Å²) in [4.78, 5) is 10.1. The fourth-order valence-corrected chi connectivity index (χ4v) is 1.41. The van der Waals surface area contributed by atoms with E-state index >= 15 is 0 Å². The number of ether oxygens (including phenoxy) is 2. The van der Waals surface area contributed by atoms with Gasteiger partial charge in [-0.1, -0.05) is 0 Å². The van der Waals surface area contributed by atoms with Crippen LogP contribution in [0.3, 0.4) is 0 Å². The highest BCUT2D eigenvalue weighted by molar-refractivity contribution is 5.62. The molecular weight excluding hydrogens is 208 g/mol. The van der Waals surface area contributed by atoms with Crippen LogP contribution in [0.25, 0.3) is 0 Å². The number of aromatic nitrogens is 2. The van der Waals surface area contributed by atoms with Crippen LogP contribution in [0, 0.1) is 0 Å². The van der Waals surface area contributed by atoms with Crippen LogP contribution in [0.15, 0.2) is 6.33 Å². The van der Waals surface area contributed by atoms with Gasteiger partial charge in [0.2, 0.25) is 5.75 Å². The van der Waals surface area contributed by atoms with Crippen molar-refractivity contribution in [1.29, 1.82) is 0 Å².